The fourth-order valence-corrected chi connectivity index (χ4v) is 1.70. The fourth-order valence-electron chi connectivity index (χ4n) is 1.70. The van der Waals surface area contributed by atoms with Crippen LogP contribution < -0.4 is 10.8 Å². The molecule has 7 nitrogen and oxygen atoms in total. The van der Waals surface area contributed by atoms with Crippen LogP contribution in [0.15, 0.2) is 0 Å². The van der Waals surface area contributed by atoms with Gasteiger partial charge in [-0.3, -0.25) is 15.3 Å². The molecular formula is C8H14N2O5. The first kappa shape index (κ1) is 11.9. The number of carbonyl (C=O) groups excluding carboxylic acids is 1. The van der Waals surface area contributed by atoms with Crippen molar-refractivity contribution < 1.29 is 25.0 Å². The first-order chi connectivity index (χ1) is 6.94. The molecular weight excluding hydrogens is 204 g/mol. The molecule has 0 saturated carbocycles. The van der Waals surface area contributed by atoms with Crippen molar-refractivity contribution in [3.8, 4) is 0 Å². The number of aliphatic hydroxyl groups is 1. The summed E-state index contributed by atoms with van der Waals surface area (Å²) in [6.45, 7) is 1.65. The molecule has 0 spiro atoms. The van der Waals surface area contributed by atoms with Gasteiger partial charge in [0.2, 0.25) is 0 Å². The fraction of sp³-hybridized carbons (Fsp3) is 0.750. The summed E-state index contributed by atoms with van der Waals surface area (Å²) in [7, 11) is 0. The highest BCUT2D eigenvalue weighted by molar-refractivity contribution is 6.06. The molecule has 0 radical (unpaired) electrons. The second-order valence-electron chi connectivity index (χ2n) is 3.78. The Morgan fingerprint density at radius 2 is 2.13 bits per heavy atom. The topological polar surface area (TPSA) is 119 Å². The van der Waals surface area contributed by atoms with Gasteiger partial charge < -0.3 is 10.2 Å². The number of carboxylic acid groups (broad SMARTS) is 1. The molecule has 7 heteroatoms. The zero-order chi connectivity index (χ0) is 11.6. The van der Waals surface area contributed by atoms with Crippen molar-refractivity contribution >= 4 is 11.9 Å². The number of piperidine rings is 1. The van der Waals surface area contributed by atoms with E-state index in [1.165, 1.54) is 5.48 Å². The van der Waals surface area contributed by atoms with Gasteiger partial charge in [0.05, 0.1) is 6.10 Å². The minimum absolute atomic E-state index is 0.000880. The summed E-state index contributed by atoms with van der Waals surface area (Å²) in [6.07, 6.45) is -0.764. The summed E-state index contributed by atoms with van der Waals surface area (Å²) >= 11 is 0. The summed E-state index contributed by atoms with van der Waals surface area (Å²) in [6, 6.07) is 0. The first-order valence-electron chi connectivity index (χ1n) is 4.55. The van der Waals surface area contributed by atoms with Gasteiger partial charge in [-0.1, -0.05) is 6.92 Å². The van der Waals surface area contributed by atoms with E-state index in [9.17, 15) is 14.7 Å². The summed E-state index contributed by atoms with van der Waals surface area (Å²) in [4.78, 5) is 22.3. The van der Waals surface area contributed by atoms with Crippen molar-refractivity contribution in [2.45, 2.75) is 25.0 Å². The number of carboxylic acids is 1. The molecule has 0 bridgehead atoms. The number of aliphatic hydroxyl groups excluding tert-OH is 1. The maximum absolute atomic E-state index is 11.3. The molecule has 1 saturated heterocycles. The van der Waals surface area contributed by atoms with Gasteiger partial charge in [-0.2, -0.15) is 0 Å². The molecule has 1 heterocycles. The third kappa shape index (κ3) is 1.94. The van der Waals surface area contributed by atoms with E-state index in [1.807, 2.05) is 0 Å². The van der Waals surface area contributed by atoms with Crippen LogP contribution in [-0.4, -0.2) is 45.5 Å². The SMILES string of the molecule is CC1CC(C(=O)O)(C(=O)NO)NCC1O. The van der Waals surface area contributed by atoms with Crippen LogP contribution in [-0.2, 0) is 9.59 Å². The van der Waals surface area contributed by atoms with Crippen LogP contribution in [0.5, 0.6) is 0 Å². The Balaban J connectivity index is 2.94. The number of aliphatic carboxylic acids is 1. The highest BCUT2D eigenvalue weighted by Gasteiger charge is 2.50. The number of hydroxylamine groups is 1. The van der Waals surface area contributed by atoms with Crippen LogP contribution in [0, 0.1) is 5.92 Å². The molecule has 0 aromatic carbocycles. The monoisotopic (exact) mass is 218 g/mol. The molecule has 0 aromatic heterocycles. The van der Waals surface area contributed by atoms with E-state index >= 15 is 0 Å². The van der Waals surface area contributed by atoms with Crippen LogP contribution in [0.1, 0.15) is 13.3 Å². The number of carbonyl (C=O) groups is 2. The lowest BCUT2D eigenvalue weighted by Gasteiger charge is -2.38. The highest BCUT2D eigenvalue weighted by atomic mass is 16.5. The van der Waals surface area contributed by atoms with E-state index in [2.05, 4.69) is 5.32 Å². The van der Waals surface area contributed by atoms with Gasteiger partial charge in [-0.05, 0) is 12.3 Å². The van der Waals surface area contributed by atoms with Crippen LogP contribution >= 0.6 is 0 Å². The largest absolute Gasteiger partial charge is 0.479 e. The number of hydrogen-bond acceptors (Lipinski definition) is 5. The Kier molecular flexibility index (Phi) is 3.28. The molecule has 0 aromatic rings. The second kappa shape index (κ2) is 4.13. The summed E-state index contributed by atoms with van der Waals surface area (Å²) in [5.41, 5.74) is -0.525. The molecule has 1 fully saturated rings. The first-order valence-corrected chi connectivity index (χ1v) is 4.55. The Hall–Kier alpha value is -1.18. The third-order valence-electron chi connectivity index (χ3n) is 2.75. The average Bonchev–Trinajstić information content (AvgIpc) is 2.20. The van der Waals surface area contributed by atoms with E-state index in [1.54, 1.807) is 6.92 Å². The minimum Gasteiger partial charge on any atom is -0.479 e. The molecule has 1 rings (SSSR count). The standard InChI is InChI=1S/C8H14N2O5/c1-4-2-8(7(13)14,6(12)10-15)9-3-5(4)11/h4-5,9,11,15H,2-3H2,1H3,(H,10,12)(H,13,14). The van der Waals surface area contributed by atoms with Gasteiger partial charge in [0.15, 0.2) is 5.54 Å². The van der Waals surface area contributed by atoms with Crippen molar-refractivity contribution in [1.82, 2.24) is 10.8 Å². The van der Waals surface area contributed by atoms with Gasteiger partial charge in [0, 0.05) is 6.54 Å². The quantitative estimate of drug-likeness (QED) is 0.214. The minimum atomic E-state index is -1.85. The third-order valence-corrected chi connectivity index (χ3v) is 2.75. The summed E-state index contributed by atoms with van der Waals surface area (Å²) in [5, 5.41) is 29.3. The van der Waals surface area contributed by atoms with Crippen molar-refractivity contribution in [1.29, 1.82) is 0 Å². The number of hydrogen-bond donors (Lipinski definition) is 5. The Labute approximate surface area is 86.0 Å². The zero-order valence-corrected chi connectivity index (χ0v) is 8.23. The maximum atomic E-state index is 11.3. The van der Waals surface area contributed by atoms with Crippen molar-refractivity contribution in [2.24, 2.45) is 5.92 Å². The van der Waals surface area contributed by atoms with Gasteiger partial charge in [0.1, 0.15) is 0 Å². The number of amides is 1. The molecule has 3 atom stereocenters. The lowest BCUT2D eigenvalue weighted by molar-refractivity contribution is -0.158. The number of nitrogens with one attached hydrogen (secondary N) is 2. The molecule has 5 N–H and O–H groups in total. The summed E-state index contributed by atoms with van der Waals surface area (Å²) < 4.78 is 0. The van der Waals surface area contributed by atoms with E-state index in [0.717, 1.165) is 0 Å². The maximum Gasteiger partial charge on any atom is 0.333 e. The van der Waals surface area contributed by atoms with Crippen LogP contribution in [0.2, 0.25) is 0 Å². The molecule has 15 heavy (non-hydrogen) atoms. The van der Waals surface area contributed by atoms with Gasteiger partial charge in [-0.15, -0.1) is 0 Å². The Morgan fingerprint density at radius 1 is 1.53 bits per heavy atom. The van der Waals surface area contributed by atoms with E-state index in [4.69, 9.17) is 10.3 Å². The smallest absolute Gasteiger partial charge is 0.333 e. The van der Waals surface area contributed by atoms with Gasteiger partial charge in [0.25, 0.3) is 5.91 Å². The predicted molar refractivity (Wildman–Crippen MR) is 48.1 cm³/mol. The van der Waals surface area contributed by atoms with Crippen molar-refractivity contribution in [3.05, 3.63) is 0 Å². The van der Waals surface area contributed by atoms with Crippen LogP contribution in [0.25, 0.3) is 0 Å². The van der Waals surface area contributed by atoms with E-state index in [-0.39, 0.29) is 18.9 Å². The Bertz CT molecular complexity index is 282. The molecule has 1 amide bonds. The predicted octanol–water partition coefficient (Wildman–Crippen LogP) is -1.69. The molecule has 1 aliphatic rings. The molecule has 86 valence electrons. The average molecular weight is 218 g/mol. The highest BCUT2D eigenvalue weighted by Crippen LogP contribution is 2.25. The molecule has 0 aliphatic carbocycles. The van der Waals surface area contributed by atoms with E-state index < -0.39 is 23.5 Å². The second-order valence-corrected chi connectivity index (χ2v) is 3.78. The Morgan fingerprint density at radius 3 is 2.53 bits per heavy atom. The number of β-amino-alcohol motifs (C(OH)–C–C–N with tert-alkyl or cyclic N) is 1. The van der Waals surface area contributed by atoms with Crippen molar-refractivity contribution in [2.75, 3.05) is 6.54 Å². The molecule has 1 aliphatic heterocycles. The van der Waals surface area contributed by atoms with Gasteiger partial charge in [-0.25, -0.2) is 10.3 Å². The lowest BCUT2D eigenvalue weighted by Crippen LogP contribution is -2.67. The van der Waals surface area contributed by atoms with Crippen molar-refractivity contribution in [3.63, 3.8) is 0 Å². The van der Waals surface area contributed by atoms with E-state index in [0.29, 0.717) is 0 Å². The number of rotatable bonds is 2. The normalized spacial score (nSPS) is 35.9. The summed E-state index contributed by atoms with van der Waals surface area (Å²) in [5.74, 6) is -2.72. The van der Waals surface area contributed by atoms with Gasteiger partial charge >= 0.3 is 5.97 Å². The van der Waals surface area contributed by atoms with Crippen LogP contribution in [0.3, 0.4) is 0 Å². The van der Waals surface area contributed by atoms with Crippen LogP contribution in [0.4, 0.5) is 0 Å². The lowest BCUT2D eigenvalue weighted by atomic mass is 9.81. The molecule has 3 unspecified atom stereocenters. The zero-order valence-electron chi connectivity index (χ0n) is 8.23.